The molecule has 0 radical (unpaired) electrons. The molecule has 20 heavy (non-hydrogen) atoms. The van der Waals surface area contributed by atoms with E-state index in [0.29, 0.717) is 16.1 Å². The zero-order valence-electron chi connectivity index (χ0n) is 11.0. The van der Waals surface area contributed by atoms with Gasteiger partial charge in [0.05, 0.1) is 7.11 Å². The van der Waals surface area contributed by atoms with Crippen LogP contribution in [0, 0.1) is 0 Å². The van der Waals surface area contributed by atoms with E-state index in [1.54, 1.807) is 0 Å². The highest BCUT2D eigenvalue weighted by atomic mass is 79.9. The van der Waals surface area contributed by atoms with Gasteiger partial charge in [-0.1, -0.05) is 6.92 Å². The molecule has 0 aromatic carbocycles. The molecule has 0 aliphatic rings. The molecule has 2 rings (SSSR count). The Hall–Kier alpha value is -2.03. The first-order valence-corrected chi connectivity index (χ1v) is 6.71. The number of rotatable bonds is 5. The molecule has 2 heterocycles. The molecule has 0 aliphatic carbocycles. The summed E-state index contributed by atoms with van der Waals surface area (Å²) in [7, 11) is 1.27. The Morgan fingerprint density at radius 3 is 2.95 bits per heavy atom. The third-order valence-corrected chi connectivity index (χ3v) is 3.12. The van der Waals surface area contributed by atoms with Crippen LogP contribution >= 0.6 is 15.9 Å². The first-order chi connectivity index (χ1) is 9.67. The predicted molar refractivity (Wildman–Crippen MR) is 74.8 cm³/mol. The van der Waals surface area contributed by atoms with Gasteiger partial charge in [0.2, 0.25) is 0 Å². The fourth-order valence-corrected chi connectivity index (χ4v) is 1.96. The minimum absolute atomic E-state index is 0.0268. The standard InChI is InChI=1S/C11H13BrN6O2/c1-3-4-13-8-7(12)10(15-5-14-8)18-6-16-9(17-18)11(19)20-2/h5-6H,3-4H2,1-2H3,(H,13,14,15). The first kappa shape index (κ1) is 14.4. The average molecular weight is 341 g/mol. The number of carbonyl (C=O) groups excluding carboxylic acids is 1. The molecule has 0 bridgehead atoms. The molecule has 0 amide bonds. The largest absolute Gasteiger partial charge is 0.463 e. The van der Waals surface area contributed by atoms with Crippen LogP contribution in [0.2, 0.25) is 0 Å². The van der Waals surface area contributed by atoms with Gasteiger partial charge in [-0.05, 0) is 22.4 Å². The van der Waals surface area contributed by atoms with Crippen LogP contribution in [0.3, 0.4) is 0 Å². The lowest BCUT2D eigenvalue weighted by atomic mass is 10.4. The van der Waals surface area contributed by atoms with E-state index < -0.39 is 5.97 Å². The van der Waals surface area contributed by atoms with E-state index >= 15 is 0 Å². The molecule has 2 aromatic heterocycles. The van der Waals surface area contributed by atoms with Crippen molar-refractivity contribution >= 4 is 27.7 Å². The van der Waals surface area contributed by atoms with Crippen molar-refractivity contribution in [2.75, 3.05) is 19.0 Å². The van der Waals surface area contributed by atoms with Crippen LogP contribution in [0.25, 0.3) is 5.82 Å². The van der Waals surface area contributed by atoms with E-state index in [0.717, 1.165) is 13.0 Å². The van der Waals surface area contributed by atoms with Gasteiger partial charge in [0.15, 0.2) is 5.82 Å². The molecular weight excluding hydrogens is 328 g/mol. The number of halogens is 1. The quantitative estimate of drug-likeness (QED) is 0.822. The molecule has 1 N–H and O–H groups in total. The second-order valence-corrected chi connectivity index (χ2v) is 4.58. The molecule has 0 fully saturated rings. The van der Waals surface area contributed by atoms with Gasteiger partial charge in [-0.25, -0.2) is 24.4 Å². The zero-order valence-corrected chi connectivity index (χ0v) is 12.6. The maximum atomic E-state index is 11.3. The smallest absolute Gasteiger partial charge is 0.377 e. The van der Waals surface area contributed by atoms with E-state index in [1.165, 1.54) is 24.4 Å². The molecule has 0 spiro atoms. The lowest BCUT2D eigenvalue weighted by molar-refractivity contribution is 0.0587. The summed E-state index contributed by atoms with van der Waals surface area (Å²) in [5.74, 6) is 0.521. The Bertz CT molecular complexity index is 615. The number of hydrogen-bond donors (Lipinski definition) is 1. The highest BCUT2D eigenvalue weighted by Crippen LogP contribution is 2.24. The molecule has 9 heteroatoms. The minimum atomic E-state index is -0.599. The summed E-state index contributed by atoms with van der Waals surface area (Å²) >= 11 is 3.42. The molecule has 0 aliphatic heterocycles. The monoisotopic (exact) mass is 340 g/mol. The van der Waals surface area contributed by atoms with Crippen LogP contribution in [0.15, 0.2) is 17.1 Å². The van der Waals surface area contributed by atoms with Crippen LogP contribution in [0.5, 0.6) is 0 Å². The molecule has 0 atom stereocenters. The van der Waals surface area contributed by atoms with Crippen molar-refractivity contribution in [3.8, 4) is 5.82 Å². The average Bonchev–Trinajstić information content (AvgIpc) is 2.95. The highest BCUT2D eigenvalue weighted by molar-refractivity contribution is 9.10. The molecule has 2 aromatic rings. The summed E-state index contributed by atoms with van der Waals surface area (Å²) in [6.07, 6.45) is 3.78. The summed E-state index contributed by atoms with van der Waals surface area (Å²) < 4.78 is 6.59. The third-order valence-electron chi connectivity index (χ3n) is 2.39. The first-order valence-electron chi connectivity index (χ1n) is 5.92. The summed E-state index contributed by atoms with van der Waals surface area (Å²) in [4.78, 5) is 23.5. The van der Waals surface area contributed by atoms with E-state index in [9.17, 15) is 4.79 Å². The van der Waals surface area contributed by atoms with Gasteiger partial charge < -0.3 is 10.1 Å². The third kappa shape index (κ3) is 2.93. The highest BCUT2D eigenvalue weighted by Gasteiger charge is 2.15. The van der Waals surface area contributed by atoms with Gasteiger partial charge in [-0.15, -0.1) is 5.10 Å². The zero-order chi connectivity index (χ0) is 14.5. The van der Waals surface area contributed by atoms with E-state index in [2.05, 4.69) is 53.0 Å². The van der Waals surface area contributed by atoms with Crippen LogP contribution in [-0.4, -0.2) is 44.4 Å². The molecule has 0 unspecified atom stereocenters. The number of carbonyl (C=O) groups is 1. The van der Waals surface area contributed by atoms with Crippen molar-refractivity contribution in [2.45, 2.75) is 13.3 Å². The Kier molecular flexibility index (Phi) is 4.61. The number of anilines is 1. The number of nitrogens with zero attached hydrogens (tertiary/aromatic N) is 5. The van der Waals surface area contributed by atoms with E-state index in [1.807, 2.05) is 0 Å². The molecular formula is C11H13BrN6O2. The fourth-order valence-electron chi connectivity index (χ4n) is 1.44. The van der Waals surface area contributed by atoms with Crippen LogP contribution in [0.4, 0.5) is 5.82 Å². The summed E-state index contributed by atoms with van der Waals surface area (Å²) in [5, 5.41) is 7.18. The molecule has 0 saturated heterocycles. The number of methoxy groups -OCH3 is 1. The van der Waals surface area contributed by atoms with Gasteiger partial charge in [0.25, 0.3) is 5.82 Å². The Morgan fingerprint density at radius 1 is 1.45 bits per heavy atom. The van der Waals surface area contributed by atoms with Crippen LogP contribution < -0.4 is 5.32 Å². The maximum absolute atomic E-state index is 11.3. The molecule has 8 nitrogen and oxygen atoms in total. The second-order valence-electron chi connectivity index (χ2n) is 3.79. The fraction of sp³-hybridized carbons (Fsp3) is 0.364. The van der Waals surface area contributed by atoms with Crippen molar-refractivity contribution in [2.24, 2.45) is 0 Å². The lowest BCUT2D eigenvalue weighted by Crippen LogP contribution is -2.08. The summed E-state index contributed by atoms with van der Waals surface area (Å²) in [6.45, 7) is 2.85. The van der Waals surface area contributed by atoms with Gasteiger partial charge >= 0.3 is 5.97 Å². The van der Waals surface area contributed by atoms with Crippen molar-refractivity contribution in [3.63, 3.8) is 0 Å². The van der Waals surface area contributed by atoms with Gasteiger partial charge in [0.1, 0.15) is 22.9 Å². The van der Waals surface area contributed by atoms with Crippen molar-refractivity contribution in [1.82, 2.24) is 24.7 Å². The van der Waals surface area contributed by atoms with Crippen molar-refractivity contribution in [1.29, 1.82) is 0 Å². The maximum Gasteiger partial charge on any atom is 0.377 e. The van der Waals surface area contributed by atoms with Crippen molar-refractivity contribution in [3.05, 3.63) is 23.0 Å². The van der Waals surface area contributed by atoms with E-state index in [4.69, 9.17) is 0 Å². The predicted octanol–water partition coefficient (Wildman–Crippen LogP) is 1.43. The number of aromatic nitrogens is 5. The Balaban J connectivity index is 2.33. The van der Waals surface area contributed by atoms with Crippen LogP contribution in [-0.2, 0) is 4.74 Å². The van der Waals surface area contributed by atoms with Gasteiger partial charge in [0, 0.05) is 6.54 Å². The normalized spacial score (nSPS) is 10.3. The van der Waals surface area contributed by atoms with Gasteiger partial charge in [-0.3, -0.25) is 0 Å². The SMILES string of the molecule is CCCNc1ncnc(-n2cnc(C(=O)OC)n2)c1Br. The lowest BCUT2D eigenvalue weighted by Gasteiger charge is -2.08. The minimum Gasteiger partial charge on any atom is -0.463 e. The second kappa shape index (κ2) is 6.42. The van der Waals surface area contributed by atoms with Gasteiger partial charge in [-0.2, -0.15) is 0 Å². The number of nitrogens with one attached hydrogen (secondary N) is 1. The van der Waals surface area contributed by atoms with Crippen molar-refractivity contribution < 1.29 is 9.53 Å². The molecule has 0 saturated carbocycles. The summed E-state index contributed by atoms with van der Waals surface area (Å²) in [6, 6.07) is 0. The Labute approximate surface area is 123 Å². The summed E-state index contributed by atoms with van der Waals surface area (Å²) in [5.41, 5.74) is 0. The van der Waals surface area contributed by atoms with Crippen LogP contribution in [0.1, 0.15) is 24.0 Å². The van der Waals surface area contributed by atoms with E-state index in [-0.39, 0.29) is 5.82 Å². The topological polar surface area (TPSA) is 94.8 Å². The number of hydrogen-bond acceptors (Lipinski definition) is 7. The Morgan fingerprint density at radius 2 is 2.25 bits per heavy atom. The number of ether oxygens (including phenoxy) is 1. The molecule has 106 valence electrons. The number of esters is 1.